The highest BCUT2D eigenvalue weighted by Crippen LogP contribution is 2.19. The second-order valence-corrected chi connectivity index (χ2v) is 6.14. The van der Waals surface area contributed by atoms with E-state index in [1.165, 1.54) is 4.68 Å². The molecule has 0 bridgehead atoms. The molecule has 3 aromatic carbocycles. The molecule has 6 nitrogen and oxygen atoms in total. The number of hydrogen-bond donors (Lipinski definition) is 1. The third-order valence-corrected chi connectivity index (χ3v) is 4.17. The van der Waals surface area contributed by atoms with E-state index in [9.17, 15) is 4.79 Å². The molecule has 26 heavy (non-hydrogen) atoms. The highest BCUT2D eigenvalue weighted by molar-refractivity contribution is 5.94. The van der Waals surface area contributed by atoms with E-state index in [0.717, 1.165) is 27.6 Å². The first-order valence-corrected chi connectivity index (χ1v) is 8.31. The van der Waals surface area contributed by atoms with Gasteiger partial charge in [0.25, 0.3) is 0 Å². The van der Waals surface area contributed by atoms with Gasteiger partial charge < -0.3 is 5.32 Å². The fraction of sp³-hybridized carbons (Fsp3) is 0.100. The van der Waals surface area contributed by atoms with E-state index >= 15 is 0 Å². The molecule has 0 spiro atoms. The number of hydrogen-bond acceptors (Lipinski definition) is 4. The molecule has 0 saturated heterocycles. The summed E-state index contributed by atoms with van der Waals surface area (Å²) in [4.78, 5) is 12.4. The van der Waals surface area contributed by atoms with Gasteiger partial charge in [-0.1, -0.05) is 60.2 Å². The molecule has 0 atom stereocenters. The topological polar surface area (TPSA) is 72.7 Å². The Morgan fingerprint density at radius 2 is 1.77 bits per heavy atom. The molecule has 4 aromatic rings. The van der Waals surface area contributed by atoms with Crippen LogP contribution in [-0.4, -0.2) is 26.1 Å². The number of anilines is 1. The van der Waals surface area contributed by atoms with Gasteiger partial charge in [0.05, 0.1) is 0 Å². The number of carbonyl (C=O) groups excluding carboxylic acids is 1. The molecule has 0 aliphatic heterocycles. The monoisotopic (exact) mass is 343 g/mol. The molecule has 1 aromatic heterocycles. The minimum Gasteiger partial charge on any atom is -0.324 e. The largest absolute Gasteiger partial charge is 0.324 e. The Labute approximate surface area is 150 Å². The summed E-state index contributed by atoms with van der Waals surface area (Å²) in [5.41, 5.74) is 2.78. The molecule has 0 aliphatic rings. The van der Waals surface area contributed by atoms with Crippen LogP contribution in [0.3, 0.4) is 0 Å². The van der Waals surface area contributed by atoms with Crippen molar-refractivity contribution >= 4 is 22.4 Å². The van der Waals surface area contributed by atoms with Gasteiger partial charge in [0.2, 0.25) is 5.91 Å². The average molecular weight is 343 g/mol. The van der Waals surface area contributed by atoms with Gasteiger partial charge in [-0.3, -0.25) is 4.79 Å². The summed E-state index contributed by atoms with van der Waals surface area (Å²) in [6, 6.07) is 21.7. The summed E-state index contributed by atoms with van der Waals surface area (Å²) in [5.74, 6) is 0.389. The predicted molar refractivity (Wildman–Crippen MR) is 101 cm³/mol. The molecule has 0 aliphatic carbocycles. The molecule has 0 radical (unpaired) electrons. The van der Waals surface area contributed by atoms with Crippen LogP contribution in [0.4, 0.5) is 5.69 Å². The molecule has 128 valence electrons. The fourth-order valence-corrected chi connectivity index (χ4v) is 2.82. The maximum absolute atomic E-state index is 12.4. The summed E-state index contributed by atoms with van der Waals surface area (Å²) in [6.07, 6.45) is 0. The number of aromatic nitrogens is 4. The Balaban J connectivity index is 1.51. The van der Waals surface area contributed by atoms with Crippen LogP contribution in [0.5, 0.6) is 0 Å². The van der Waals surface area contributed by atoms with E-state index in [1.807, 2.05) is 73.7 Å². The molecule has 4 rings (SSSR count). The first-order valence-electron chi connectivity index (χ1n) is 8.31. The number of fused-ring (bicyclic) bond motifs is 1. The third-order valence-electron chi connectivity index (χ3n) is 4.17. The van der Waals surface area contributed by atoms with Crippen molar-refractivity contribution in [2.45, 2.75) is 13.5 Å². The molecule has 1 heterocycles. The summed E-state index contributed by atoms with van der Waals surface area (Å²) in [6.45, 7) is 2.06. The Morgan fingerprint density at radius 1 is 1.00 bits per heavy atom. The van der Waals surface area contributed by atoms with Gasteiger partial charge in [-0.15, -0.1) is 5.10 Å². The molecular weight excluding hydrogens is 326 g/mol. The van der Waals surface area contributed by atoms with E-state index < -0.39 is 0 Å². The minimum atomic E-state index is -0.180. The second kappa shape index (κ2) is 6.76. The smallest absolute Gasteiger partial charge is 0.246 e. The predicted octanol–water partition coefficient (Wildman–Crippen LogP) is 3.44. The zero-order valence-electron chi connectivity index (χ0n) is 14.3. The van der Waals surface area contributed by atoms with Crippen molar-refractivity contribution in [3.63, 3.8) is 0 Å². The summed E-state index contributed by atoms with van der Waals surface area (Å²) >= 11 is 0. The second-order valence-electron chi connectivity index (χ2n) is 6.14. The van der Waals surface area contributed by atoms with E-state index in [2.05, 4.69) is 20.8 Å². The Kier molecular flexibility index (Phi) is 4.15. The standard InChI is InChI=1S/C20H17N5O/c1-14-6-8-16(9-7-14)20-22-23-24-25(20)13-19(26)21-18-11-10-15-4-2-3-5-17(15)12-18/h2-12H,13H2,1H3,(H,21,26). The van der Waals surface area contributed by atoms with E-state index in [-0.39, 0.29) is 12.5 Å². The third kappa shape index (κ3) is 3.30. The van der Waals surface area contributed by atoms with Gasteiger partial charge in [0.1, 0.15) is 6.54 Å². The van der Waals surface area contributed by atoms with Crippen molar-refractivity contribution in [2.75, 3.05) is 5.32 Å². The number of amides is 1. The van der Waals surface area contributed by atoms with E-state index in [4.69, 9.17) is 0 Å². The van der Waals surface area contributed by atoms with Crippen LogP contribution in [0.25, 0.3) is 22.2 Å². The zero-order valence-corrected chi connectivity index (χ0v) is 14.3. The Bertz CT molecular complexity index is 1070. The van der Waals surface area contributed by atoms with Gasteiger partial charge in [0.15, 0.2) is 5.82 Å². The maximum atomic E-state index is 12.4. The summed E-state index contributed by atoms with van der Waals surface area (Å²) in [7, 11) is 0. The molecule has 1 N–H and O–H groups in total. The van der Waals surface area contributed by atoms with Crippen molar-refractivity contribution in [2.24, 2.45) is 0 Å². The first-order chi connectivity index (χ1) is 12.7. The molecule has 0 unspecified atom stereocenters. The van der Waals surface area contributed by atoms with Crippen LogP contribution in [0.2, 0.25) is 0 Å². The van der Waals surface area contributed by atoms with Crippen LogP contribution in [0, 0.1) is 6.92 Å². The van der Waals surface area contributed by atoms with Gasteiger partial charge in [0, 0.05) is 11.3 Å². The van der Waals surface area contributed by atoms with Crippen molar-refractivity contribution < 1.29 is 4.79 Å². The number of rotatable bonds is 4. The average Bonchev–Trinajstić information content (AvgIpc) is 3.10. The number of tetrazole rings is 1. The highest BCUT2D eigenvalue weighted by Gasteiger charge is 2.12. The number of carbonyl (C=O) groups is 1. The molecule has 0 fully saturated rings. The molecular formula is C20H17N5O. The van der Waals surface area contributed by atoms with Crippen LogP contribution < -0.4 is 5.32 Å². The van der Waals surface area contributed by atoms with Gasteiger partial charge >= 0.3 is 0 Å². The number of nitrogens with zero attached hydrogens (tertiary/aromatic N) is 4. The van der Waals surface area contributed by atoms with Crippen molar-refractivity contribution in [3.8, 4) is 11.4 Å². The lowest BCUT2D eigenvalue weighted by atomic mass is 10.1. The molecule has 6 heteroatoms. The van der Waals surface area contributed by atoms with Gasteiger partial charge in [-0.05, 0) is 40.3 Å². The van der Waals surface area contributed by atoms with Crippen LogP contribution >= 0.6 is 0 Å². The summed E-state index contributed by atoms with van der Waals surface area (Å²) < 4.78 is 1.50. The number of nitrogens with one attached hydrogen (secondary N) is 1. The first kappa shape index (κ1) is 16.0. The normalized spacial score (nSPS) is 10.8. The Hall–Kier alpha value is -3.54. The maximum Gasteiger partial charge on any atom is 0.246 e. The van der Waals surface area contributed by atoms with E-state index in [0.29, 0.717) is 5.82 Å². The van der Waals surface area contributed by atoms with Crippen LogP contribution in [-0.2, 0) is 11.3 Å². The minimum absolute atomic E-state index is 0.0447. The van der Waals surface area contributed by atoms with Gasteiger partial charge in [-0.25, -0.2) is 4.68 Å². The van der Waals surface area contributed by atoms with Crippen LogP contribution in [0.1, 0.15) is 5.56 Å². The van der Waals surface area contributed by atoms with E-state index in [1.54, 1.807) is 0 Å². The fourth-order valence-electron chi connectivity index (χ4n) is 2.82. The lowest BCUT2D eigenvalue weighted by Crippen LogP contribution is -2.20. The summed E-state index contributed by atoms with van der Waals surface area (Å²) in [5, 5.41) is 16.8. The van der Waals surface area contributed by atoms with Crippen molar-refractivity contribution in [1.82, 2.24) is 20.2 Å². The lowest BCUT2D eigenvalue weighted by Gasteiger charge is -2.08. The molecule has 1 amide bonds. The van der Waals surface area contributed by atoms with Crippen molar-refractivity contribution in [1.29, 1.82) is 0 Å². The molecule has 0 saturated carbocycles. The van der Waals surface area contributed by atoms with Gasteiger partial charge in [-0.2, -0.15) is 0 Å². The quantitative estimate of drug-likeness (QED) is 0.616. The van der Waals surface area contributed by atoms with Crippen molar-refractivity contribution in [3.05, 3.63) is 72.3 Å². The van der Waals surface area contributed by atoms with Crippen LogP contribution in [0.15, 0.2) is 66.7 Å². The number of aryl methyl sites for hydroxylation is 1. The Morgan fingerprint density at radius 3 is 2.58 bits per heavy atom. The zero-order chi connectivity index (χ0) is 17.9. The SMILES string of the molecule is Cc1ccc(-c2nnnn2CC(=O)Nc2ccc3ccccc3c2)cc1. The lowest BCUT2D eigenvalue weighted by molar-refractivity contribution is -0.116. The highest BCUT2D eigenvalue weighted by atomic mass is 16.2. The number of benzene rings is 3.